The van der Waals surface area contributed by atoms with E-state index in [1.54, 1.807) is 0 Å². The Kier molecular flexibility index (Phi) is 2.87. The maximum Gasteiger partial charge on any atom is 0.269 e. The van der Waals surface area contributed by atoms with Gasteiger partial charge in [-0.1, -0.05) is 11.6 Å². The van der Waals surface area contributed by atoms with Crippen LogP contribution in [0.1, 0.15) is 12.0 Å². The Morgan fingerprint density at radius 3 is 2.69 bits per heavy atom. The number of hydrogen-bond donors (Lipinski definition) is 1. The predicted octanol–water partition coefficient (Wildman–Crippen LogP) is 1.97. The van der Waals surface area contributed by atoms with Gasteiger partial charge in [0.05, 0.1) is 12.7 Å². The summed E-state index contributed by atoms with van der Waals surface area (Å²) < 4.78 is 28.9. The van der Waals surface area contributed by atoms with Crippen LogP contribution in [-0.4, -0.2) is 12.1 Å². The third-order valence-corrected chi connectivity index (χ3v) is 1.80. The van der Waals surface area contributed by atoms with Gasteiger partial charge < -0.3 is 9.72 Å². The third kappa shape index (κ3) is 1.80. The van der Waals surface area contributed by atoms with Gasteiger partial charge in [0.15, 0.2) is 0 Å². The highest BCUT2D eigenvalue weighted by molar-refractivity contribution is 6.31. The van der Waals surface area contributed by atoms with Gasteiger partial charge in [-0.2, -0.15) is 0 Å². The molecule has 1 heterocycles. The van der Waals surface area contributed by atoms with E-state index in [-0.39, 0.29) is 10.9 Å². The number of aromatic amines is 1. The Balaban J connectivity index is 3.32. The highest BCUT2D eigenvalue weighted by atomic mass is 35.5. The van der Waals surface area contributed by atoms with E-state index in [2.05, 4.69) is 9.72 Å². The van der Waals surface area contributed by atoms with Crippen molar-refractivity contribution in [3.8, 4) is 5.88 Å². The van der Waals surface area contributed by atoms with Gasteiger partial charge >= 0.3 is 0 Å². The largest absolute Gasteiger partial charge is 0.481 e. The number of hydrogen-bond acceptors (Lipinski definition) is 2. The van der Waals surface area contributed by atoms with E-state index in [0.29, 0.717) is 0 Å². The van der Waals surface area contributed by atoms with Crippen molar-refractivity contribution in [2.45, 2.75) is 6.43 Å². The molecule has 0 aliphatic heterocycles. The molecule has 72 valence electrons. The monoisotopic (exact) mass is 209 g/mol. The summed E-state index contributed by atoms with van der Waals surface area (Å²) in [5, 5.41) is -0.361. The van der Waals surface area contributed by atoms with Crippen LogP contribution in [0.2, 0.25) is 5.02 Å². The minimum atomic E-state index is -2.84. The fourth-order valence-corrected chi connectivity index (χ4v) is 1.05. The van der Waals surface area contributed by atoms with Crippen LogP contribution in [0.5, 0.6) is 5.88 Å². The van der Waals surface area contributed by atoms with E-state index >= 15 is 0 Å². The van der Waals surface area contributed by atoms with E-state index in [9.17, 15) is 13.6 Å². The van der Waals surface area contributed by atoms with Crippen molar-refractivity contribution in [3.05, 3.63) is 27.0 Å². The van der Waals surface area contributed by atoms with Gasteiger partial charge in [0.1, 0.15) is 5.02 Å². The van der Waals surface area contributed by atoms with Crippen LogP contribution in [0.3, 0.4) is 0 Å². The number of pyridine rings is 1. The predicted molar refractivity (Wildman–Crippen MR) is 43.6 cm³/mol. The van der Waals surface area contributed by atoms with Crippen LogP contribution in [0.4, 0.5) is 8.78 Å². The summed E-state index contributed by atoms with van der Waals surface area (Å²) in [5.41, 5.74) is -1.57. The molecule has 0 saturated carbocycles. The number of ether oxygens (including phenoxy) is 1. The second kappa shape index (κ2) is 3.74. The topological polar surface area (TPSA) is 42.1 Å². The van der Waals surface area contributed by atoms with Gasteiger partial charge in [-0.05, 0) is 0 Å². The minimum Gasteiger partial charge on any atom is -0.481 e. The highest BCUT2D eigenvalue weighted by Gasteiger charge is 2.16. The SMILES string of the molecule is COc1[nH]cc(C(F)F)c(=O)c1Cl. The second-order valence-corrected chi connectivity index (χ2v) is 2.60. The molecule has 0 fully saturated rings. The average molecular weight is 210 g/mol. The van der Waals surface area contributed by atoms with Crippen molar-refractivity contribution < 1.29 is 13.5 Å². The van der Waals surface area contributed by atoms with E-state index < -0.39 is 17.4 Å². The Bertz CT molecular complexity index is 364. The lowest BCUT2D eigenvalue weighted by molar-refractivity contribution is 0.149. The summed E-state index contributed by atoms with van der Waals surface area (Å²) in [7, 11) is 1.28. The van der Waals surface area contributed by atoms with E-state index in [1.165, 1.54) is 7.11 Å². The summed E-state index contributed by atoms with van der Waals surface area (Å²) in [5.74, 6) is -0.0175. The van der Waals surface area contributed by atoms with Gasteiger partial charge in [-0.25, -0.2) is 8.78 Å². The number of H-pyrrole nitrogens is 1. The van der Waals surface area contributed by atoms with Crippen LogP contribution in [-0.2, 0) is 0 Å². The molecule has 1 N–H and O–H groups in total. The molecule has 0 aliphatic rings. The molecule has 6 heteroatoms. The third-order valence-electron chi connectivity index (χ3n) is 1.46. The Hall–Kier alpha value is -1.10. The zero-order chi connectivity index (χ0) is 10.0. The van der Waals surface area contributed by atoms with Gasteiger partial charge in [-0.15, -0.1) is 0 Å². The molecule has 0 aliphatic carbocycles. The van der Waals surface area contributed by atoms with Crippen molar-refractivity contribution >= 4 is 11.6 Å². The molecular formula is C7H6ClF2NO2. The number of alkyl halides is 2. The first kappa shape index (κ1) is 9.98. The lowest BCUT2D eigenvalue weighted by Gasteiger charge is -2.03. The van der Waals surface area contributed by atoms with Crippen LogP contribution < -0.4 is 10.2 Å². The van der Waals surface area contributed by atoms with Crippen LogP contribution >= 0.6 is 11.6 Å². The first-order valence-corrected chi connectivity index (χ1v) is 3.69. The zero-order valence-corrected chi connectivity index (χ0v) is 7.36. The molecule has 0 radical (unpaired) electrons. The van der Waals surface area contributed by atoms with Crippen LogP contribution in [0, 0.1) is 0 Å². The van der Waals surface area contributed by atoms with Crippen molar-refractivity contribution in [3.63, 3.8) is 0 Å². The van der Waals surface area contributed by atoms with Gasteiger partial charge in [0.25, 0.3) is 6.43 Å². The molecule has 3 nitrogen and oxygen atoms in total. The normalized spacial score (nSPS) is 10.5. The summed E-state index contributed by atoms with van der Waals surface area (Å²) >= 11 is 5.44. The minimum absolute atomic E-state index is 0.0175. The summed E-state index contributed by atoms with van der Waals surface area (Å²) in [6.45, 7) is 0. The van der Waals surface area contributed by atoms with E-state index in [4.69, 9.17) is 11.6 Å². The number of methoxy groups -OCH3 is 1. The van der Waals surface area contributed by atoms with Gasteiger partial charge in [0.2, 0.25) is 11.3 Å². The Morgan fingerprint density at radius 1 is 1.62 bits per heavy atom. The van der Waals surface area contributed by atoms with Crippen molar-refractivity contribution in [1.82, 2.24) is 4.98 Å². The number of aromatic nitrogens is 1. The smallest absolute Gasteiger partial charge is 0.269 e. The van der Waals surface area contributed by atoms with Crippen molar-refractivity contribution in [2.75, 3.05) is 7.11 Å². The molecule has 0 bridgehead atoms. The molecule has 0 saturated heterocycles. The lowest BCUT2D eigenvalue weighted by atomic mass is 10.3. The Morgan fingerprint density at radius 2 is 2.23 bits per heavy atom. The Labute approximate surface area is 77.3 Å². The average Bonchev–Trinajstić information content (AvgIpc) is 2.09. The van der Waals surface area contributed by atoms with Crippen molar-refractivity contribution in [2.24, 2.45) is 0 Å². The molecule has 0 atom stereocenters. The first-order chi connectivity index (χ1) is 6.07. The fourth-order valence-electron chi connectivity index (χ4n) is 0.813. The van der Waals surface area contributed by atoms with Crippen LogP contribution in [0.25, 0.3) is 0 Å². The standard InChI is InChI=1S/C7H6ClF2NO2/c1-13-7-4(8)5(12)3(2-11-7)6(9)10/h2,6H,1H3,(H,11,12). The summed E-state index contributed by atoms with van der Waals surface area (Å²) in [6.07, 6.45) is -1.95. The highest BCUT2D eigenvalue weighted by Crippen LogP contribution is 2.21. The first-order valence-electron chi connectivity index (χ1n) is 3.31. The fraction of sp³-hybridized carbons (Fsp3) is 0.286. The van der Waals surface area contributed by atoms with Crippen molar-refractivity contribution in [1.29, 1.82) is 0 Å². The molecule has 0 unspecified atom stereocenters. The number of halogens is 3. The number of nitrogens with one attached hydrogen (secondary N) is 1. The zero-order valence-electron chi connectivity index (χ0n) is 6.61. The molecular weight excluding hydrogens is 204 g/mol. The molecule has 0 amide bonds. The molecule has 1 aromatic heterocycles. The van der Waals surface area contributed by atoms with Gasteiger partial charge in [-0.3, -0.25) is 4.79 Å². The van der Waals surface area contributed by atoms with E-state index in [1.807, 2.05) is 0 Å². The lowest BCUT2D eigenvalue weighted by Crippen LogP contribution is -2.11. The molecule has 13 heavy (non-hydrogen) atoms. The second-order valence-electron chi connectivity index (χ2n) is 2.22. The van der Waals surface area contributed by atoms with Gasteiger partial charge in [0, 0.05) is 6.20 Å². The maximum atomic E-state index is 12.1. The molecule has 1 rings (SSSR count). The van der Waals surface area contributed by atoms with Crippen LogP contribution in [0.15, 0.2) is 11.0 Å². The molecule has 0 spiro atoms. The molecule has 0 aromatic carbocycles. The van der Waals surface area contributed by atoms with E-state index in [0.717, 1.165) is 6.20 Å². The summed E-state index contributed by atoms with van der Waals surface area (Å²) in [6, 6.07) is 0. The molecule has 1 aromatic rings. The quantitative estimate of drug-likeness (QED) is 0.809. The maximum absolute atomic E-state index is 12.1. The summed E-state index contributed by atoms with van der Waals surface area (Å²) in [4.78, 5) is 13.4. The number of rotatable bonds is 2.